The van der Waals surface area contributed by atoms with E-state index in [0.717, 1.165) is 83.8 Å². The highest BCUT2D eigenvalue weighted by Gasteiger charge is 2.20. The van der Waals surface area contributed by atoms with E-state index in [2.05, 4.69) is 56.9 Å². The van der Waals surface area contributed by atoms with Gasteiger partial charge in [-0.2, -0.15) is 0 Å². The Morgan fingerprint density at radius 1 is 0.393 bits per heavy atom. The number of hydrogen-bond acceptors (Lipinski definition) is 7. The first-order valence-electron chi connectivity index (χ1n) is 24.0. The third-order valence-corrected chi connectivity index (χ3v) is 10.4. The van der Waals surface area contributed by atoms with Crippen molar-refractivity contribution in [3.05, 3.63) is 24.3 Å². The van der Waals surface area contributed by atoms with Crippen molar-refractivity contribution in [2.75, 3.05) is 32.8 Å². The van der Waals surface area contributed by atoms with Gasteiger partial charge in [0.15, 0.2) is 6.10 Å². The Bertz CT molecular complexity index is 872. The summed E-state index contributed by atoms with van der Waals surface area (Å²) < 4.78 is 16.7. The molecule has 0 heterocycles. The molecule has 0 N–H and O–H groups in total. The highest BCUT2D eigenvalue weighted by Crippen LogP contribution is 2.13. The van der Waals surface area contributed by atoms with Crippen molar-refractivity contribution in [1.82, 2.24) is 4.90 Å². The van der Waals surface area contributed by atoms with Crippen molar-refractivity contribution in [1.29, 1.82) is 0 Å². The van der Waals surface area contributed by atoms with Crippen molar-refractivity contribution in [2.45, 2.75) is 239 Å². The predicted molar refractivity (Wildman–Crippen MR) is 237 cm³/mol. The Hall–Kier alpha value is -2.15. The zero-order valence-electron chi connectivity index (χ0n) is 37.4. The topological polar surface area (TPSA) is 82.1 Å². The van der Waals surface area contributed by atoms with Gasteiger partial charge in [-0.25, -0.2) is 0 Å². The standard InChI is InChI=1S/C49H91NO6/c1-5-9-11-13-15-17-19-21-23-25-27-29-31-33-35-38-47(51)54-44-46(56-49(53)40-37-43-50(41-7-3)42-8-4)45-55-48(52)39-36-34-32-30-28-26-24-22-20-18-16-14-12-10-6-2/h21-24,46H,5-20,25-45H2,1-4H3/b23-21-,24-22-. The molecule has 0 rings (SSSR count). The molecule has 0 atom stereocenters. The molecule has 0 amide bonds. The Balaban J connectivity index is 4.38. The van der Waals surface area contributed by atoms with Crippen molar-refractivity contribution in [3.63, 3.8) is 0 Å². The lowest BCUT2D eigenvalue weighted by Crippen LogP contribution is -2.31. The van der Waals surface area contributed by atoms with Gasteiger partial charge in [-0.15, -0.1) is 0 Å². The minimum Gasteiger partial charge on any atom is -0.462 e. The molecule has 0 aliphatic carbocycles. The molecule has 7 nitrogen and oxygen atoms in total. The maximum absolute atomic E-state index is 12.8. The van der Waals surface area contributed by atoms with Crippen LogP contribution in [0.5, 0.6) is 0 Å². The Kier molecular flexibility index (Phi) is 42.3. The van der Waals surface area contributed by atoms with Crippen LogP contribution in [0.4, 0.5) is 0 Å². The van der Waals surface area contributed by atoms with Gasteiger partial charge in [0.2, 0.25) is 0 Å². The third-order valence-electron chi connectivity index (χ3n) is 10.4. The summed E-state index contributed by atoms with van der Waals surface area (Å²) in [7, 11) is 0. The molecule has 0 aromatic rings. The molecule has 0 aromatic heterocycles. The zero-order chi connectivity index (χ0) is 41.0. The molecule has 0 fully saturated rings. The Labute approximate surface area is 346 Å². The number of allylic oxidation sites excluding steroid dienone is 4. The number of carbonyl (C=O) groups excluding carboxylic acids is 3. The molecule has 7 heteroatoms. The van der Waals surface area contributed by atoms with Crippen LogP contribution in [0, 0.1) is 0 Å². The molecule has 0 saturated heterocycles. The molecule has 56 heavy (non-hydrogen) atoms. The Morgan fingerprint density at radius 2 is 0.732 bits per heavy atom. The highest BCUT2D eigenvalue weighted by atomic mass is 16.6. The van der Waals surface area contributed by atoms with Gasteiger partial charge < -0.3 is 19.1 Å². The van der Waals surface area contributed by atoms with Gasteiger partial charge in [0.05, 0.1) is 0 Å². The van der Waals surface area contributed by atoms with Gasteiger partial charge in [0, 0.05) is 19.3 Å². The van der Waals surface area contributed by atoms with Crippen LogP contribution < -0.4 is 0 Å². The number of carbonyl (C=O) groups is 3. The molecule has 0 radical (unpaired) electrons. The summed E-state index contributed by atoms with van der Waals surface area (Å²) in [5.41, 5.74) is 0. The summed E-state index contributed by atoms with van der Waals surface area (Å²) >= 11 is 0. The minimum atomic E-state index is -0.791. The summed E-state index contributed by atoms with van der Waals surface area (Å²) in [5.74, 6) is -0.930. The fourth-order valence-corrected chi connectivity index (χ4v) is 6.97. The molecule has 0 aromatic carbocycles. The van der Waals surface area contributed by atoms with Crippen LogP contribution in [0.2, 0.25) is 0 Å². The predicted octanol–water partition coefficient (Wildman–Crippen LogP) is 14.0. The lowest BCUT2D eigenvalue weighted by Gasteiger charge is -2.21. The molecule has 0 aliphatic rings. The van der Waals surface area contributed by atoms with Crippen molar-refractivity contribution < 1.29 is 28.6 Å². The van der Waals surface area contributed by atoms with Gasteiger partial charge in [-0.05, 0) is 103 Å². The monoisotopic (exact) mass is 790 g/mol. The lowest BCUT2D eigenvalue weighted by atomic mass is 10.1. The maximum Gasteiger partial charge on any atom is 0.306 e. The van der Waals surface area contributed by atoms with E-state index >= 15 is 0 Å². The number of hydrogen-bond donors (Lipinski definition) is 0. The van der Waals surface area contributed by atoms with E-state index in [0.29, 0.717) is 19.3 Å². The molecule has 0 aliphatic heterocycles. The average molecular weight is 790 g/mol. The second-order valence-electron chi connectivity index (χ2n) is 16.1. The van der Waals surface area contributed by atoms with Gasteiger partial charge in [0.25, 0.3) is 0 Å². The number of nitrogens with zero attached hydrogens (tertiary/aromatic N) is 1. The van der Waals surface area contributed by atoms with Crippen LogP contribution in [-0.2, 0) is 28.6 Å². The van der Waals surface area contributed by atoms with Gasteiger partial charge in [0.1, 0.15) is 13.2 Å². The maximum atomic E-state index is 12.8. The largest absolute Gasteiger partial charge is 0.462 e. The van der Waals surface area contributed by atoms with E-state index in [1.807, 2.05) is 0 Å². The number of ether oxygens (including phenoxy) is 3. The van der Waals surface area contributed by atoms with Crippen LogP contribution in [0.1, 0.15) is 233 Å². The average Bonchev–Trinajstić information content (AvgIpc) is 3.19. The summed E-state index contributed by atoms with van der Waals surface area (Å²) in [6, 6.07) is 0. The number of rotatable bonds is 43. The van der Waals surface area contributed by atoms with Crippen LogP contribution >= 0.6 is 0 Å². The van der Waals surface area contributed by atoms with Crippen LogP contribution in [0.25, 0.3) is 0 Å². The first kappa shape index (κ1) is 53.9. The molecule has 0 bridgehead atoms. The van der Waals surface area contributed by atoms with Crippen LogP contribution in [-0.4, -0.2) is 61.8 Å². The lowest BCUT2D eigenvalue weighted by molar-refractivity contribution is -0.167. The van der Waals surface area contributed by atoms with Gasteiger partial charge >= 0.3 is 17.9 Å². The van der Waals surface area contributed by atoms with Crippen LogP contribution in [0.3, 0.4) is 0 Å². The number of unbranched alkanes of at least 4 members (excludes halogenated alkanes) is 22. The van der Waals surface area contributed by atoms with E-state index < -0.39 is 6.10 Å². The van der Waals surface area contributed by atoms with Crippen LogP contribution in [0.15, 0.2) is 24.3 Å². The summed E-state index contributed by atoms with van der Waals surface area (Å²) in [6.45, 7) is 11.6. The fraction of sp³-hybridized carbons (Fsp3) is 0.857. The highest BCUT2D eigenvalue weighted by molar-refractivity contribution is 5.71. The third kappa shape index (κ3) is 40.1. The van der Waals surface area contributed by atoms with E-state index in [-0.39, 0.29) is 37.5 Å². The zero-order valence-corrected chi connectivity index (χ0v) is 37.4. The quantitative estimate of drug-likeness (QED) is 0.0263. The normalized spacial score (nSPS) is 11.8. The van der Waals surface area contributed by atoms with Crippen molar-refractivity contribution >= 4 is 17.9 Å². The van der Waals surface area contributed by atoms with Gasteiger partial charge in [-0.3, -0.25) is 14.4 Å². The van der Waals surface area contributed by atoms with E-state index in [1.165, 1.54) is 116 Å². The molecule has 0 spiro atoms. The Morgan fingerprint density at radius 3 is 1.11 bits per heavy atom. The van der Waals surface area contributed by atoms with Gasteiger partial charge in [-0.1, -0.05) is 155 Å². The first-order valence-corrected chi connectivity index (χ1v) is 24.0. The summed E-state index contributed by atoms with van der Waals surface area (Å²) in [4.78, 5) is 40.3. The molecule has 0 saturated carbocycles. The second kappa shape index (κ2) is 44.0. The summed E-state index contributed by atoms with van der Waals surface area (Å²) in [5, 5.41) is 0. The summed E-state index contributed by atoms with van der Waals surface area (Å²) in [6.07, 6.45) is 43.7. The van der Waals surface area contributed by atoms with E-state index in [4.69, 9.17) is 14.2 Å². The molecule has 328 valence electrons. The van der Waals surface area contributed by atoms with E-state index in [1.54, 1.807) is 0 Å². The van der Waals surface area contributed by atoms with Crippen molar-refractivity contribution in [2.24, 2.45) is 0 Å². The molecule has 0 unspecified atom stereocenters. The van der Waals surface area contributed by atoms with Crippen molar-refractivity contribution in [3.8, 4) is 0 Å². The first-order chi connectivity index (χ1) is 27.5. The second-order valence-corrected chi connectivity index (χ2v) is 16.1. The number of esters is 3. The van der Waals surface area contributed by atoms with E-state index in [9.17, 15) is 14.4 Å². The molecular formula is C49H91NO6. The fourth-order valence-electron chi connectivity index (χ4n) is 6.97. The SMILES string of the molecule is CCCCCCCC/C=C\CCCCCCCC(=O)OCC(COC(=O)CCCCCCC/C=C\CCCCCCCC)OC(=O)CCCN(CCC)CCC. The minimum absolute atomic E-state index is 0.0892. The molecular weight excluding hydrogens is 699 g/mol. The smallest absolute Gasteiger partial charge is 0.306 e.